The zero-order valence-corrected chi connectivity index (χ0v) is 10.4. The minimum absolute atomic E-state index is 0.00162. The van der Waals surface area contributed by atoms with E-state index in [1.807, 2.05) is 0 Å². The fourth-order valence-electron chi connectivity index (χ4n) is 1.65. The van der Waals surface area contributed by atoms with Gasteiger partial charge >= 0.3 is 11.9 Å². The van der Waals surface area contributed by atoms with Gasteiger partial charge in [0.25, 0.3) is 0 Å². The third kappa shape index (κ3) is 4.47. The second kappa shape index (κ2) is 6.60. The predicted octanol–water partition coefficient (Wildman–Crippen LogP) is 0.372. The molecule has 19 heavy (non-hydrogen) atoms. The molecule has 0 heterocycles. The first-order valence-corrected chi connectivity index (χ1v) is 5.44. The van der Waals surface area contributed by atoms with Gasteiger partial charge in [0.05, 0.1) is 20.2 Å². The molecular weight excluding hydrogens is 254 g/mol. The molecule has 0 unspecified atom stereocenters. The van der Waals surface area contributed by atoms with Gasteiger partial charge in [0, 0.05) is 12.1 Å². The molecule has 0 saturated carbocycles. The van der Waals surface area contributed by atoms with Gasteiger partial charge in [0.1, 0.15) is 0 Å². The number of benzene rings is 1. The van der Waals surface area contributed by atoms with E-state index in [4.69, 9.17) is 14.9 Å². The third-order valence-electron chi connectivity index (χ3n) is 2.41. The fourth-order valence-corrected chi connectivity index (χ4v) is 1.65. The van der Waals surface area contributed by atoms with Gasteiger partial charge in [-0.2, -0.15) is 0 Å². The second-order valence-corrected chi connectivity index (χ2v) is 3.90. The summed E-state index contributed by atoms with van der Waals surface area (Å²) >= 11 is 0. The Balaban J connectivity index is 2.89. The van der Waals surface area contributed by atoms with Gasteiger partial charge in [-0.15, -0.1) is 0 Å². The first kappa shape index (κ1) is 14.8. The van der Waals surface area contributed by atoms with Gasteiger partial charge in [-0.3, -0.25) is 14.5 Å². The highest BCUT2D eigenvalue weighted by atomic mass is 16.5. The van der Waals surface area contributed by atoms with E-state index in [0.29, 0.717) is 5.56 Å². The van der Waals surface area contributed by atoms with Crippen molar-refractivity contribution in [2.24, 2.45) is 0 Å². The monoisotopic (exact) mass is 269 g/mol. The quantitative estimate of drug-likeness (QED) is 0.656. The molecule has 0 radical (unpaired) electrons. The van der Waals surface area contributed by atoms with Crippen LogP contribution in [0.25, 0.3) is 0 Å². The topological polar surface area (TPSA) is 107 Å². The normalized spacial score (nSPS) is 10.4. The lowest BCUT2D eigenvalue weighted by molar-refractivity contribution is -0.142. The second-order valence-electron chi connectivity index (χ2n) is 3.90. The number of phenolic OH excluding ortho intramolecular Hbond substituents is 1. The first-order valence-electron chi connectivity index (χ1n) is 5.44. The van der Waals surface area contributed by atoms with E-state index in [2.05, 4.69) is 0 Å². The number of phenols is 1. The summed E-state index contributed by atoms with van der Waals surface area (Å²) in [6, 6.07) is 4.76. The molecule has 0 aromatic heterocycles. The molecule has 1 aromatic rings. The van der Waals surface area contributed by atoms with E-state index in [-0.39, 0.29) is 18.0 Å². The number of carboxylic acid groups (broad SMARTS) is 2. The number of carboxylic acids is 2. The molecule has 1 aromatic carbocycles. The van der Waals surface area contributed by atoms with Crippen molar-refractivity contribution in [1.82, 2.24) is 4.90 Å². The van der Waals surface area contributed by atoms with Crippen molar-refractivity contribution in [2.45, 2.75) is 6.54 Å². The van der Waals surface area contributed by atoms with E-state index in [1.54, 1.807) is 18.2 Å². The molecular formula is C12H15NO6. The van der Waals surface area contributed by atoms with Crippen molar-refractivity contribution in [3.05, 3.63) is 23.8 Å². The van der Waals surface area contributed by atoms with Crippen molar-refractivity contribution in [2.75, 3.05) is 20.2 Å². The van der Waals surface area contributed by atoms with Crippen LogP contribution in [0.15, 0.2) is 18.2 Å². The summed E-state index contributed by atoms with van der Waals surface area (Å²) < 4.78 is 4.93. The molecule has 0 aliphatic heterocycles. The van der Waals surface area contributed by atoms with Crippen molar-refractivity contribution in [3.63, 3.8) is 0 Å². The van der Waals surface area contributed by atoms with Crippen LogP contribution in [0.2, 0.25) is 0 Å². The van der Waals surface area contributed by atoms with E-state index in [9.17, 15) is 14.7 Å². The summed E-state index contributed by atoms with van der Waals surface area (Å²) in [7, 11) is 1.39. The maximum atomic E-state index is 10.7. The van der Waals surface area contributed by atoms with Crippen LogP contribution in [0.3, 0.4) is 0 Å². The van der Waals surface area contributed by atoms with Crippen molar-refractivity contribution >= 4 is 11.9 Å². The van der Waals surface area contributed by atoms with Crippen LogP contribution in [-0.2, 0) is 16.1 Å². The maximum absolute atomic E-state index is 10.7. The van der Waals surface area contributed by atoms with Crippen LogP contribution in [0, 0.1) is 0 Å². The number of aromatic hydroxyl groups is 1. The molecule has 0 saturated heterocycles. The molecule has 0 aliphatic rings. The number of hydrogen-bond donors (Lipinski definition) is 3. The summed E-state index contributed by atoms with van der Waals surface area (Å²) in [5.74, 6) is -2.14. The van der Waals surface area contributed by atoms with Gasteiger partial charge < -0.3 is 20.1 Å². The maximum Gasteiger partial charge on any atom is 0.317 e. The SMILES string of the molecule is COc1cccc(CN(CC(=O)O)CC(=O)O)c1O. The number of hydrogen-bond acceptors (Lipinski definition) is 5. The molecule has 0 amide bonds. The van der Waals surface area contributed by atoms with Crippen molar-refractivity contribution in [1.29, 1.82) is 0 Å². The van der Waals surface area contributed by atoms with Crippen LogP contribution >= 0.6 is 0 Å². The van der Waals surface area contributed by atoms with Crippen molar-refractivity contribution < 1.29 is 29.6 Å². The number of carbonyl (C=O) groups is 2. The summed E-state index contributed by atoms with van der Waals surface area (Å²) in [6.45, 7) is -0.854. The summed E-state index contributed by atoms with van der Waals surface area (Å²) in [5, 5.41) is 27.3. The van der Waals surface area contributed by atoms with E-state index < -0.39 is 25.0 Å². The van der Waals surface area contributed by atoms with Crippen LogP contribution < -0.4 is 4.74 Å². The highest BCUT2D eigenvalue weighted by Crippen LogP contribution is 2.30. The minimum Gasteiger partial charge on any atom is -0.504 e. The number of para-hydroxylation sites is 1. The Bertz CT molecular complexity index is 457. The lowest BCUT2D eigenvalue weighted by Gasteiger charge is -2.19. The summed E-state index contributed by atoms with van der Waals surface area (Å²) in [6.07, 6.45) is 0. The highest BCUT2D eigenvalue weighted by Gasteiger charge is 2.16. The molecule has 1 rings (SSSR count). The van der Waals surface area contributed by atoms with Gasteiger partial charge in [-0.05, 0) is 6.07 Å². The molecule has 104 valence electrons. The smallest absolute Gasteiger partial charge is 0.317 e. The molecule has 3 N–H and O–H groups in total. The van der Waals surface area contributed by atoms with Gasteiger partial charge in [0.2, 0.25) is 0 Å². The molecule has 0 bridgehead atoms. The fraction of sp³-hybridized carbons (Fsp3) is 0.333. The molecule has 7 nitrogen and oxygen atoms in total. The number of nitrogens with zero attached hydrogens (tertiary/aromatic N) is 1. The molecule has 0 aliphatic carbocycles. The zero-order chi connectivity index (χ0) is 14.4. The van der Waals surface area contributed by atoms with Crippen LogP contribution in [-0.4, -0.2) is 52.4 Å². The Morgan fingerprint density at radius 3 is 2.26 bits per heavy atom. The number of aliphatic carboxylic acids is 2. The van der Waals surface area contributed by atoms with Crippen LogP contribution in [0.1, 0.15) is 5.56 Å². The highest BCUT2D eigenvalue weighted by molar-refractivity contribution is 5.72. The lowest BCUT2D eigenvalue weighted by Crippen LogP contribution is -2.34. The van der Waals surface area contributed by atoms with Gasteiger partial charge in [-0.1, -0.05) is 12.1 Å². The lowest BCUT2D eigenvalue weighted by atomic mass is 10.1. The summed E-state index contributed by atoms with van der Waals surface area (Å²) in [5.41, 5.74) is 0.404. The standard InChI is InChI=1S/C12H15NO6/c1-19-9-4-2-3-8(12(9)18)5-13(6-10(14)15)7-11(16)17/h2-4,18H,5-7H2,1H3,(H,14,15)(H,16,17). The molecule has 0 fully saturated rings. The first-order chi connectivity index (χ1) is 8.93. The van der Waals surface area contributed by atoms with E-state index in [1.165, 1.54) is 12.0 Å². The van der Waals surface area contributed by atoms with Crippen LogP contribution in [0.4, 0.5) is 0 Å². The largest absolute Gasteiger partial charge is 0.504 e. The minimum atomic E-state index is -1.14. The number of methoxy groups -OCH3 is 1. The Hall–Kier alpha value is -2.28. The van der Waals surface area contributed by atoms with E-state index in [0.717, 1.165) is 0 Å². The van der Waals surface area contributed by atoms with Crippen LogP contribution in [0.5, 0.6) is 11.5 Å². The Labute approximate surface area is 109 Å². The number of rotatable bonds is 7. The number of ether oxygens (including phenoxy) is 1. The third-order valence-corrected chi connectivity index (χ3v) is 2.41. The predicted molar refractivity (Wildman–Crippen MR) is 65.2 cm³/mol. The van der Waals surface area contributed by atoms with Gasteiger partial charge in [-0.25, -0.2) is 0 Å². The van der Waals surface area contributed by atoms with Crippen molar-refractivity contribution in [3.8, 4) is 11.5 Å². The summed E-state index contributed by atoms with van der Waals surface area (Å²) in [4.78, 5) is 22.5. The Morgan fingerprint density at radius 2 is 1.79 bits per heavy atom. The average molecular weight is 269 g/mol. The molecule has 0 spiro atoms. The Morgan fingerprint density at radius 1 is 1.21 bits per heavy atom. The molecule has 0 atom stereocenters. The van der Waals surface area contributed by atoms with Gasteiger partial charge in [0.15, 0.2) is 11.5 Å². The zero-order valence-electron chi connectivity index (χ0n) is 10.4. The Kier molecular flexibility index (Phi) is 5.13. The molecule has 7 heteroatoms. The average Bonchev–Trinajstić information content (AvgIpc) is 2.30. The van der Waals surface area contributed by atoms with E-state index >= 15 is 0 Å².